The highest BCUT2D eigenvalue weighted by atomic mass is 32.1. The van der Waals surface area contributed by atoms with Crippen LogP contribution in [-0.2, 0) is 13.0 Å². The third-order valence-electron chi connectivity index (χ3n) is 9.27. The number of benzene rings is 3. The van der Waals surface area contributed by atoms with Crippen LogP contribution in [0.3, 0.4) is 0 Å². The molecule has 0 radical (unpaired) electrons. The van der Waals surface area contributed by atoms with Crippen LogP contribution in [0.1, 0.15) is 65.1 Å². The summed E-state index contributed by atoms with van der Waals surface area (Å²) in [7, 11) is 0. The van der Waals surface area contributed by atoms with Gasteiger partial charge >= 0.3 is 6.09 Å². The zero-order chi connectivity index (χ0) is 42.8. The average Bonchev–Trinajstić information content (AvgIpc) is 3.89. The fourth-order valence-corrected chi connectivity index (χ4v) is 8.41. The van der Waals surface area contributed by atoms with Crippen LogP contribution in [0.2, 0.25) is 0 Å². The van der Waals surface area contributed by atoms with Crippen molar-refractivity contribution in [3.8, 4) is 12.1 Å². The van der Waals surface area contributed by atoms with Crippen molar-refractivity contribution in [3.63, 3.8) is 0 Å². The first-order chi connectivity index (χ1) is 29.6. The molecule has 0 aliphatic rings. The highest BCUT2D eigenvalue weighted by Gasteiger charge is 2.28. The molecule has 8 rings (SSSR count). The minimum atomic E-state index is -0.981. The summed E-state index contributed by atoms with van der Waals surface area (Å²) in [5.41, 5.74) is 5.25. The molecule has 304 valence electrons. The minimum Gasteiger partial charge on any atom is -0.465 e. The lowest BCUT2D eigenvalue weighted by atomic mass is 10.0. The number of nitriles is 2. The van der Waals surface area contributed by atoms with E-state index in [0.717, 1.165) is 36.6 Å². The van der Waals surface area contributed by atoms with Crippen molar-refractivity contribution in [2.45, 2.75) is 51.1 Å². The van der Waals surface area contributed by atoms with Crippen molar-refractivity contribution < 1.29 is 9.90 Å². The third kappa shape index (κ3) is 10.4. The Bertz CT molecular complexity index is 2760. The first-order valence-corrected chi connectivity index (χ1v) is 20.9. The largest absolute Gasteiger partial charge is 0.465 e. The Labute approximate surface area is 360 Å². The predicted molar refractivity (Wildman–Crippen MR) is 239 cm³/mol. The lowest BCUT2D eigenvalue weighted by molar-refractivity contribution is 0.195. The van der Waals surface area contributed by atoms with Gasteiger partial charge in [0.1, 0.15) is 21.9 Å². The number of hydrogen-bond donors (Lipinski definition) is 3. The Morgan fingerprint density at radius 1 is 0.689 bits per heavy atom. The predicted octanol–water partition coefficient (Wildman–Crippen LogP) is 9.43. The second kappa shape index (κ2) is 19.1. The molecule has 5 aromatic heterocycles. The number of carbonyl (C=O) groups is 1. The maximum atomic E-state index is 11.7. The number of amides is 1. The fraction of sp³-hybridized carbons (Fsp3) is 0.200. The molecule has 0 aliphatic heterocycles. The summed E-state index contributed by atoms with van der Waals surface area (Å²) in [6.45, 7) is 6.76. The summed E-state index contributed by atoms with van der Waals surface area (Å²) in [5.74, 6) is -0.147. The zero-order valence-corrected chi connectivity index (χ0v) is 35.1. The van der Waals surface area contributed by atoms with Crippen molar-refractivity contribution in [2.75, 3.05) is 22.1 Å². The lowest BCUT2D eigenvalue weighted by Gasteiger charge is -2.33. The zero-order valence-electron chi connectivity index (χ0n) is 33.5. The number of pyridine rings is 1. The monoisotopic (exact) mass is 844 g/mol. The number of carboxylic acid groups (broad SMARTS) is 1. The Morgan fingerprint density at radius 3 is 1.70 bits per heavy atom. The van der Waals surface area contributed by atoms with Crippen LogP contribution in [0.15, 0.2) is 122 Å². The SMILES string of the molecule is CC(C)(C)N(C(=O)O)c1ccc(CCNc2nccc(C(C#N)c3nc4ccccc4s3)n2)cc1.N#CC(c1ccnc(NCc2ccncc2)n1)c1nc2ccccc2s1. The van der Waals surface area contributed by atoms with Crippen LogP contribution in [0.5, 0.6) is 0 Å². The van der Waals surface area contributed by atoms with Gasteiger partial charge in [0.05, 0.1) is 44.0 Å². The van der Waals surface area contributed by atoms with E-state index in [1.54, 1.807) is 36.9 Å². The van der Waals surface area contributed by atoms with Crippen LogP contribution >= 0.6 is 22.7 Å². The van der Waals surface area contributed by atoms with Gasteiger partial charge in [-0.2, -0.15) is 10.5 Å². The molecule has 1 amide bonds. The van der Waals surface area contributed by atoms with Gasteiger partial charge in [0.25, 0.3) is 0 Å². The summed E-state index contributed by atoms with van der Waals surface area (Å²) in [4.78, 5) is 43.8. The molecule has 5 heterocycles. The molecule has 0 saturated heterocycles. The van der Waals surface area contributed by atoms with Gasteiger partial charge in [-0.3, -0.25) is 9.88 Å². The number of anilines is 3. The second-order valence-electron chi connectivity index (χ2n) is 14.6. The Hall–Kier alpha value is -7.40. The molecule has 14 nitrogen and oxygen atoms in total. The van der Waals surface area contributed by atoms with E-state index in [0.29, 0.717) is 53.5 Å². The summed E-state index contributed by atoms with van der Waals surface area (Å²) >= 11 is 3.02. The van der Waals surface area contributed by atoms with Gasteiger partial charge in [-0.25, -0.2) is 34.7 Å². The van der Waals surface area contributed by atoms with Crippen molar-refractivity contribution >= 4 is 66.8 Å². The quantitative estimate of drug-likeness (QED) is 0.105. The summed E-state index contributed by atoms with van der Waals surface area (Å²) in [5, 5.41) is 36.9. The number of fused-ring (bicyclic) bond motifs is 2. The maximum Gasteiger partial charge on any atom is 0.412 e. The van der Waals surface area contributed by atoms with Gasteiger partial charge in [-0.15, -0.1) is 22.7 Å². The number of hydrogen-bond acceptors (Lipinski definition) is 14. The van der Waals surface area contributed by atoms with E-state index in [-0.39, 0.29) is 0 Å². The van der Waals surface area contributed by atoms with E-state index in [1.807, 2.05) is 106 Å². The maximum absolute atomic E-state index is 11.7. The molecule has 0 aliphatic carbocycles. The van der Waals surface area contributed by atoms with E-state index in [9.17, 15) is 20.4 Å². The molecule has 0 saturated carbocycles. The molecule has 61 heavy (non-hydrogen) atoms. The Kier molecular flexibility index (Phi) is 13.1. The molecule has 0 spiro atoms. The van der Waals surface area contributed by atoms with Gasteiger partial charge in [0.2, 0.25) is 11.9 Å². The van der Waals surface area contributed by atoms with Crippen molar-refractivity contribution in [1.82, 2.24) is 34.9 Å². The molecule has 2 atom stereocenters. The van der Waals surface area contributed by atoms with Crippen LogP contribution in [-0.4, -0.2) is 58.2 Å². The summed E-state index contributed by atoms with van der Waals surface area (Å²) < 4.78 is 2.10. The molecular formula is C45H40N12O2S2. The Balaban J connectivity index is 0.000000192. The smallest absolute Gasteiger partial charge is 0.412 e. The van der Waals surface area contributed by atoms with Gasteiger partial charge in [-0.1, -0.05) is 36.4 Å². The van der Waals surface area contributed by atoms with Crippen molar-refractivity contribution in [1.29, 1.82) is 10.5 Å². The normalized spacial score (nSPS) is 12.0. The fourth-order valence-electron chi connectivity index (χ4n) is 6.36. The molecule has 16 heteroatoms. The van der Waals surface area contributed by atoms with Gasteiger partial charge < -0.3 is 15.7 Å². The lowest BCUT2D eigenvalue weighted by Crippen LogP contribution is -2.45. The second-order valence-corrected chi connectivity index (χ2v) is 16.7. The highest BCUT2D eigenvalue weighted by Crippen LogP contribution is 2.32. The molecule has 0 fully saturated rings. The van der Waals surface area contributed by atoms with Crippen molar-refractivity contribution in [3.05, 3.63) is 154 Å². The van der Waals surface area contributed by atoms with E-state index in [2.05, 4.69) is 57.7 Å². The van der Waals surface area contributed by atoms with Gasteiger partial charge in [0, 0.05) is 49.1 Å². The first-order valence-electron chi connectivity index (χ1n) is 19.2. The molecule has 8 aromatic rings. The van der Waals surface area contributed by atoms with E-state index in [4.69, 9.17) is 0 Å². The number of aromatic nitrogens is 7. The number of thiazole rings is 2. The van der Waals surface area contributed by atoms with Crippen LogP contribution in [0.25, 0.3) is 20.4 Å². The van der Waals surface area contributed by atoms with Crippen LogP contribution < -0.4 is 15.5 Å². The number of para-hydroxylation sites is 2. The number of nitrogens with one attached hydrogen (secondary N) is 2. The Morgan fingerprint density at radius 2 is 1.21 bits per heavy atom. The van der Waals surface area contributed by atoms with Gasteiger partial charge in [-0.05, 0) is 99.0 Å². The van der Waals surface area contributed by atoms with E-state index in [1.165, 1.54) is 27.6 Å². The molecule has 0 bridgehead atoms. The van der Waals surface area contributed by atoms with E-state index >= 15 is 0 Å². The first kappa shape index (κ1) is 41.7. The van der Waals surface area contributed by atoms with Gasteiger partial charge in [0.15, 0.2) is 0 Å². The summed E-state index contributed by atoms with van der Waals surface area (Å²) in [6, 6.07) is 35.2. The molecule has 3 N–H and O–H groups in total. The molecular weight excluding hydrogens is 805 g/mol. The van der Waals surface area contributed by atoms with Crippen LogP contribution in [0, 0.1) is 22.7 Å². The number of nitrogens with zero attached hydrogens (tertiary/aromatic N) is 10. The van der Waals surface area contributed by atoms with Crippen LogP contribution in [0.4, 0.5) is 22.4 Å². The number of rotatable bonds is 12. The molecule has 3 aromatic carbocycles. The summed E-state index contributed by atoms with van der Waals surface area (Å²) in [6.07, 6.45) is 6.51. The average molecular weight is 845 g/mol. The molecule has 2 unspecified atom stereocenters. The van der Waals surface area contributed by atoms with Crippen molar-refractivity contribution in [2.24, 2.45) is 0 Å². The third-order valence-corrected chi connectivity index (χ3v) is 11.5. The topological polar surface area (TPSA) is 202 Å². The minimum absolute atomic E-state index is 0.449. The highest BCUT2D eigenvalue weighted by molar-refractivity contribution is 7.19. The standard InChI is InChI=1S/C26H26N6O2S.C19H14N6S/c1-26(2,3)32(25(33)34)18-10-8-17(9-11-18)12-14-28-24-29-15-13-20(31-24)19(16-27)23-30-21-6-4-5-7-22(21)35-23;20-11-14(18-24-16-3-1-2-4-17(16)26-18)15-7-10-22-19(25-15)23-12-13-5-8-21-9-6-13/h4-11,13,15,19H,12,14H2,1-3H3,(H,33,34)(H,28,29,31);1-10,14H,12H2,(H,22,23,25). The van der Waals surface area contributed by atoms with E-state index < -0.39 is 23.5 Å².